The molecule has 1 N–H and O–H groups in total. The van der Waals surface area contributed by atoms with Gasteiger partial charge in [0.05, 0.1) is 5.56 Å². The van der Waals surface area contributed by atoms with Gasteiger partial charge in [0.2, 0.25) is 0 Å². The molecule has 0 aliphatic carbocycles. The molecule has 6 nitrogen and oxygen atoms in total. The molecule has 1 atom stereocenters. The van der Waals surface area contributed by atoms with Crippen LogP contribution >= 0.6 is 0 Å². The molecule has 1 heterocycles. The highest BCUT2D eigenvalue weighted by Gasteiger charge is 2.18. The molecule has 0 spiro atoms. The van der Waals surface area contributed by atoms with E-state index >= 15 is 0 Å². The molecule has 1 aliphatic heterocycles. The van der Waals surface area contributed by atoms with Crippen molar-refractivity contribution in [3.8, 4) is 5.75 Å². The Morgan fingerprint density at radius 1 is 1.24 bits per heavy atom. The number of likely N-dealkylation sites (N-methyl/N-ethyl adjacent to an activating group) is 1. The lowest BCUT2D eigenvalue weighted by molar-refractivity contribution is 0.0501. The van der Waals surface area contributed by atoms with Crippen LogP contribution in [0.3, 0.4) is 0 Å². The van der Waals surface area contributed by atoms with Crippen molar-refractivity contribution in [1.82, 2.24) is 9.80 Å². The van der Waals surface area contributed by atoms with Crippen molar-refractivity contribution in [2.45, 2.75) is 26.4 Å². The lowest BCUT2D eigenvalue weighted by atomic mass is 10.0. The van der Waals surface area contributed by atoms with Gasteiger partial charge in [-0.2, -0.15) is 0 Å². The Balaban J connectivity index is 1.95. The third-order valence-electron chi connectivity index (χ3n) is 4.50. The SMILES string of the molecule is CCC(=O)c1ccc(OCC(O)CN2CCN(C)CC2)c(C(C)=O)c1. The zero-order chi connectivity index (χ0) is 18.4. The molecular weight excluding hydrogens is 320 g/mol. The topological polar surface area (TPSA) is 70.1 Å². The van der Waals surface area contributed by atoms with Crippen LogP contribution in [0.1, 0.15) is 41.0 Å². The van der Waals surface area contributed by atoms with Crippen molar-refractivity contribution < 1.29 is 19.4 Å². The second-order valence-electron chi connectivity index (χ2n) is 6.61. The van der Waals surface area contributed by atoms with Crippen molar-refractivity contribution >= 4 is 11.6 Å². The van der Waals surface area contributed by atoms with Crippen LogP contribution in [0.25, 0.3) is 0 Å². The fourth-order valence-corrected chi connectivity index (χ4v) is 2.88. The second-order valence-corrected chi connectivity index (χ2v) is 6.61. The molecular formula is C19H28N2O4. The van der Waals surface area contributed by atoms with E-state index in [0.717, 1.165) is 26.2 Å². The highest BCUT2D eigenvalue weighted by atomic mass is 16.5. The first-order valence-corrected chi connectivity index (χ1v) is 8.80. The number of aliphatic hydroxyl groups is 1. The summed E-state index contributed by atoms with van der Waals surface area (Å²) >= 11 is 0. The molecule has 1 aromatic rings. The number of carbonyl (C=O) groups is 2. The zero-order valence-electron chi connectivity index (χ0n) is 15.3. The highest BCUT2D eigenvalue weighted by Crippen LogP contribution is 2.22. The van der Waals surface area contributed by atoms with Gasteiger partial charge in [-0.25, -0.2) is 0 Å². The van der Waals surface area contributed by atoms with E-state index in [9.17, 15) is 14.7 Å². The summed E-state index contributed by atoms with van der Waals surface area (Å²) in [7, 11) is 2.09. The van der Waals surface area contributed by atoms with E-state index in [1.165, 1.54) is 6.92 Å². The van der Waals surface area contributed by atoms with Gasteiger partial charge in [-0.15, -0.1) is 0 Å². The smallest absolute Gasteiger partial charge is 0.163 e. The Labute approximate surface area is 149 Å². The van der Waals surface area contributed by atoms with Gasteiger partial charge in [-0.1, -0.05) is 6.92 Å². The van der Waals surface area contributed by atoms with E-state index in [4.69, 9.17) is 4.74 Å². The van der Waals surface area contributed by atoms with Gasteiger partial charge in [0.1, 0.15) is 18.5 Å². The Morgan fingerprint density at radius 2 is 1.92 bits per heavy atom. The molecule has 2 rings (SSSR count). The average molecular weight is 348 g/mol. The first-order chi connectivity index (χ1) is 11.9. The lowest BCUT2D eigenvalue weighted by Crippen LogP contribution is -2.47. The first kappa shape index (κ1) is 19.6. The molecule has 0 amide bonds. The quantitative estimate of drug-likeness (QED) is 0.718. The molecule has 0 aromatic heterocycles. The molecule has 25 heavy (non-hydrogen) atoms. The maximum atomic E-state index is 11.9. The van der Waals surface area contributed by atoms with E-state index in [0.29, 0.717) is 29.8 Å². The number of aliphatic hydroxyl groups excluding tert-OH is 1. The molecule has 0 radical (unpaired) electrons. The van der Waals surface area contributed by atoms with Crippen molar-refractivity contribution in [3.05, 3.63) is 29.3 Å². The number of nitrogens with zero attached hydrogens (tertiary/aromatic N) is 2. The fraction of sp³-hybridized carbons (Fsp3) is 0.579. The van der Waals surface area contributed by atoms with Crippen molar-refractivity contribution in [2.75, 3.05) is 46.4 Å². The third kappa shape index (κ3) is 5.63. The number of Topliss-reactive ketones (excluding diaryl/α,β-unsaturated/α-hetero) is 2. The number of rotatable bonds is 8. The van der Waals surface area contributed by atoms with Crippen molar-refractivity contribution in [2.24, 2.45) is 0 Å². The van der Waals surface area contributed by atoms with E-state index in [1.807, 2.05) is 0 Å². The van der Waals surface area contributed by atoms with Crippen LogP contribution in [0.4, 0.5) is 0 Å². The number of hydrogen-bond acceptors (Lipinski definition) is 6. The minimum atomic E-state index is -0.625. The standard InChI is InChI=1S/C19H28N2O4/c1-4-18(24)15-5-6-19(17(11-15)14(2)22)25-13-16(23)12-21-9-7-20(3)8-10-21/h5-6,11,16,23H,4,7-10,12-13H2,1-3H3. The summed E-state index contributed by atoms with van der Waals surface area (Å²) in [5.74, 6) is 0.246. The van der Waals surface area contributed by atoms with E-state index in [1.54, 1.807) is 25.1 Å². The summed E-state index contributed by atoms with van der Waals surface area (Å²) in [5.41, 5.74) is 0.893. The number of benzene rings is 1. The second kappa shape index (κ2) is 9.08. The Bertz CT molecular complexity index is 609. The summed E-state index contributed by atoms with van der Waals surface area (Å²) in [5, 5.41) is 10.2. The van der Waals surface area contributed by atoms with Crippen LogP contribution in [0.2, 0.25) is 0 Å². The monoisotopic (exact) mass is 348 g/mol. The lowest BCUT2D eigenvalue weighted by Gasteiger charge is -2.33. The van der Waals surface area contributed by atoms with Crippen LogP contribution in [0.5, 0.6) is 5.75 Å². The molecule has 138 valence electrons. The van der Waals surface area contributed by atoms with Gasteiger partial charge < -0.3 is 14.7 Å². The number of hydrogen-bond donors (Lipinski definition) is 1. The molecule has 1 unspecified atom stereocenters. The van der Waals surface area contributed by atoms with Gasteiger partial charge in [0, 0.05) is 44.7 Å². The predicted molar refractivity (Wildman–Crippen MR) is 96.5 cm³/mol. The van der Waals surface area contributed by atoms with E-state index in [-0.39, 0.29) is 18.2 Å². The Morgan fingerprint density at radius 3 is 2.52 bits per heavy atom. The number of piperazine rings is 1. The van der Waals surface area contributed by atoms with Crippen LogP contribution in [0, 0.1) is 0 Å². The molecule has 1 aliphatic rings. The van der Waals surface area contributed by atoms with Gasteiger partial charge >= 0.3 is 0 Å². The van der Waals surface area contributed by atoms with Gasteiger partial charge in [-0.3, -0.25) is 14.5 Å². The largest absolute Gasteiger partial charge is 0.490 e. The predicted octanol–water partition coefficient (Wildman–Crippen LogP) is 1.47. The maximum absolute atomic E-state index is 11.9. The molecule has 0 bridgehead atoms. The van der Waals surface area contributed by atoms with E-state index < -0.39 is 6.10 Å². The molecule has 1 saturated heterocycles. The highest BCUT2D eigenvalue weighted by molar-refractivity contribution is 6.02. The van der Waals surface area contributed by atoms with Crippen LogP contribution in [0.15, 0.2) is 18.2 Å². The van der Waals surface area contributed by atoms with Crippen molar-refractivity contribution in [1.29, 1.82) is 0 Å². The third-order valence-corrected chi connectivity index (χ3v) is 4.50. The van der Waals surface area contributed by atoms with E-state index in [2.05, 4.69) is 16.8 Å². The maximum Gasteiger partial charge on any atom is 0.163 e. The van der Waals surface area contributed by atoms with Crippen LogP contribution in [-0.4, -0.2) is 79.0 Å². The summed E-state index contributed by atoms with van der Waals surface area (Å²) in [6.45, 7) is 7.76. The number of β-amino-alcohol motifs (C(OH)–C–C–N with tert-alkyl or cyclic N) is 1. The van der Waals surface area contributed by atoms with Gasteiger partial charge in [0.15, 0.2) is 11.6 Å². The number of ketones is 2. The number of ether oxygens (including phenoxy) is 1. The summed E-state index contributed by atoms with van der Waals surface area (Å²) in [6, 6.07) is 4.89. The van der Waals surface area contributed by atoms with Crippen LogP contribution < -0.4 is 4.74 Å². The minimum Gasteiger partial charge on any atom is -0.490 e. The Hall–Kier alpha value is -1.76. The number of carbonyl (C=O) groups excluding carboxylic acids is 2. The molecule has 1 fully saturated rings. The molecule has 1 aromatic carbocycles. The summed E-state index contributed by atoms with van der Waals surface area (Å²) in [4.78, 5) is 28.1. The molecule has 6 heteroatoms. The normalized spacial score (nSPS) is 17.3. The van der Waals surface area contributed by atoms with Gasteiger partial charge in [0.25, 0.3) is 0 Å². The summed E-state index contributed by atoms with van der Waals surface area (Å²) < 4.78 is 5.67. The zero-order valence-corrected chi connectivity index (χ0v) is 15.3. The van der Waals surface area contributed by atoms with Crippen molar-refractivity contribution in [3.63, 3.8) is 0 Å². The average Bonchev–Trinajstić information content (AvgIpc) is 2.61. The van der Waals surface area contributed by atoms with Gasteiger partial charge in [-0.05, 0) is 32.2 Å². The minimum absolute atomic E-state index is 0.0100. The molecule has 0 saturated carbocycles. The van der Waals surface area contributed by atoms with Crippen LogP contribution in [-0.2, 0) is 0 Å². The summed E-state index contributed by atoms with van der Waals surface area (Å²) in [6.07, 6.45) is -0.235. The first-order valence-electron chi connectivity index (χ1n) is 8.80. The Kier molecular flexibility index (Phi) is 7.11. The fourth-order valence-electron chi connectivity index (χ4n) is 2.88.